The lowest BCUT2D eigenvalue weighted by Crippen LogP contribution is -2.29. The summed E-state index contributed by atoms with van der Waals surface area (Å²) in [4.78, 5) is 22.0. The first-order valence-electron chi connectivity index (χ1n) is 8.36. The van der Waals surface area contributed by atoms with Crippen molar-refractivity contribution in [2.75, 3.05) is 18.9 Å². The third-order valence-corrected chi connectivity index (χ3v) is 3.58. The summed E-state index contributed by atoms with van der Waals surface area (Å²) in [7, 11) is 1.69. The van der Waals surface area contributed by atoms with Gasteiger partial charge in [0.2, 0.25) is 17.6 Å². The summed E-state index contributed by atoms with van der Waals surface area (Å²) in [6.07, 6.45) is -1.52. The molecule has 0 fully saturated rings. The van der Waals surface area contributed by atoms with Gasteiger partial charge in [-0.05, 0) is 43.4 Å². The maximum Gasteiger partial charge on any atom is 0.573 e. The van der Waals surface area contributed by atoms with Crippen molar-refractivity contribution in [2.45, 2.75) is 12.9 Å². The fraction of sp³-hybridized carbons (Fsp3) is 0.222. The molecule has 0 radical (unpaired) electrons. The number of anilines is 1. The molecule has 2 aromatic heterocycles. The molecule has 29 heavy (non-hydrogen) atoms. The van der Waals surface area contributed by atoms with Crippen LogP contribution in [0.2, 0.25) is 0 Å². The average molecular weight is 407 g/mol. The third kappa shape index (κ3) is 6.28. The molecule has 0 aliphatic rings. The molecule has 152 valence electrons. The molecule has 2 heterocycles. The number of likely N-dealkylation sites (N-methyl/N-ethyl adjacent to an activating group) is 1. The summed E-state index contributed by atoms with van der Waals surface area (Å²) in [5, 5.41) is 6.46. The van der Waals surface area contributed by atoms with E-state index < -0.39 is 6.36 Å². The van der Waals surface area contributed by atoms with Crippen molar-refractivity contribution in [3.63, 3.8) is 0 Å². The number of hydrogen-bond acceptors (Lipinski definition) is 7. The van der Waals surface area contributed by atoms with Crippen molar-refractivity contribution < 1.29 is 27.2 Å². The maximum absolute atomic E-state index is 12.2. The van der Waals surface area contributed by atoms with Crippen LogP contribution in [0.25, 0.3) is 11.4 Å². The molecule has 0 spiro atoms. The third-order valence-electron chi connectivity index (χ3n) is 3.58. The Hall–Kier alpha value is -3.47. The van der Waals surface area contributed by atoms with Gasteiger partial charge in [0.05, 0.1) is 13.1 Å². The minimum absolute atomic E-state index is 0.00537. The molecule has 3 rings (SSSR count). The minimum atomic E-state index is -4.76. The molecule has 0 aliphatic heterocycles. The molecule has 1 aromatic carbocycles. The number of amides is 1. The van der Waals surface area contributed by atoms with Gasteiger partial charge in [-0.3, -0.25) is 14.7 Å². The largest absolute Gasteiger partial charge is 0.573 e. The summed E-state index contributed by atoms with van der Waals surface area (Å²) < 4.78 is 45.4. The lowest BCUT2D eigenvalue weighted by Gasteiger charge is -2.14. The zero-order valence-corrected chi connectivity index (χ0v) is 15.2. The number of carbonyl (C=O) groups excluding carboxylic acids is 1. The van der Waals surface area contributed by atoms with Crippen LogP contribution in [0.5, 0.6) is 5.75 Å². The molecule has 0 atom stereocenters. The second-order valence-electron chi connectivity index (χ2n) is 6.05. The second kappa shape index (κ2) is 8.69. The molecule has 0 saturated heterocycles. The van der Waals surface area contributed by atoms with E-state index in [-0.39, 0.29) is 24.7 Å². The molecule has 8 nitrogen and oxygen atoms in total. The van der Waals surface area contributed by atoms with Crippen molar-refractivity contribution >= 4 is 11.6 Å². The molecule has 3 aromatic rings. The van der Waals surface area contributed by atoms with Crippen molar-refractivity contribution in [1.29, 1.82) is 0 Å². The van der Waals surface area contributed by atoms with Gasteiger partial charge in [-0.1, -0.05) is 5.16 Å². The van der Waals surface area contributed by atoms with E-state index in [2.05, 4.69) is 25.2 Å². The number of aromatic nitrogens is 3. The van der Waals surface area contributed by atoms with Crippen LogP contribution in [0.3, 0.4) is 0 Å². The number of alkyl halides is 3. The standard InChI is InChI=1S/C18H16F3N5O3/c1-26(11-16-24-17(25-29-16)12-3-2-8-22-9-12)10-15(27)23-13-4-6-14(7-5-13)28-18(19,20)21/h2-9H,10-11H2,1H3,(H,23,27). The van der Waals surface area contributed by atoms with Crippen LogP contribution in [-0.2, 0) is 11.3 Å². The van der Waals surface area contributed by atoms with Gasteiger partial charge in [-0.25, -0.2) is 0 Å². The van der Waals surface area contributed by atoms with Crippen LogP contribution >= 0.6 is 0 Å². The molecule has 0 saturated carbocycles. The molecule has 0 bridgehead atoms. The highest BCUT2D eigenvalue weighted by molar-refractivity contribution is 5.92. The lowest BCUT2D eigenvalue weighted by molar-refractivity contribution is -0.274. The van der Waals surface area contributed by atoms with Gasteiger partial charge in [-0.2, -0.15) is 4.98 Å². The van der Waals surface area contributed by atoms with E-state index in [1.54, 1.807) is 36.5 Å². The number of halogens is 3. The molecule has 0 aliphatic carbocycles. The van der Waals surface area contributed by atoms with E-state index >= 15 is 0 Å². The Kier molecular flexibility index (Phi) is 6.07. The number of hydrogen-bond donors (Lipinski definition) is 1. The predicted octanol–water partition coefficient (Wildman–Crippen LogP) is 3.10. The van der Waals surface area contributed by atoms with Crippen LogP contribution in [-0.4, -0.2) is 45.9 Å². The Labute approximate surface area is 163 Å². The van der Waals surface area contributed by atoms with Gasteiger partial charge < -0.3 is 14.6 Å². The quantitative estimate of drug-likeness (QED) is 0.643. The first kappa shape index (κ1) is 20.3. The Morgan fingerprint density at radius 1 is 1.24 bits per heavy atom. The van der Waals surface area contributed by atoms with E-state index in [1.165, 1.54) is 12.1 Å². The van der Waals surface area contributed by atoms with Crippen molar-refractivity contribution in [3.05, 3.63) is 54.7 Å². The Morgan fingerprint density at radius 2 is 2.00 bits per heavy atom. The number of pyridine rings is 1. The van der Waals surface area contributed by atoms with Crippen LogP contribution in [0.4, 0.5) is 18.9 Å². The highest BCUT2D eigenvalue weighted by atomic mass is 19.4. The maximum atomic E-state index is 12.2. The molecule has 11 heteroatoms. The van der Waals surface area contributed by atoms with E-state index in [9.17, 15) is 18.0 Å². The van der Waals surface area contributed by atoms with E-state index in [0.29, 0.717) is 23.0 Å². The molecule has 0 unspecified atom stereocenters. The van der Waals surface area contributed by atoms with Gasteiger partial charge in [-0.15, -0.1) is 13.2 Å². The number of ether oxygens (including phenoxy) is 1. The smallest absolute Gasteiger partial charge is 0.406 e. The fourth-order valence-electron chi connectivity index (χ4n) is 2.40. The highest BCUT2D eigenvalue weighted by Gasteiger charge is 2.30. The van der Waals surface area contributed by atoms with Gasteiger partial charge >= 0.3 is 6.36 Å². The number of carbonyl (C=O) groups is 1. The minimum Gasteiger partial charge on any atom is -0.406 e. The van der Waals surface area contributed by atoms with Gasteiger partial charge in [0.25, 0.3) is 0 Å². The lowest BCUT2D eigenvalue weighted by atomic mass is 10.3. The summed E-state index contributed by atoms with van der Waals surface area (Å²) in [5.41, 5.74) is 1.05. The van der Waals surface area contributed by atoms with Crippen molar-refractivity contribution in [2.24, 2.45) is 0 Å². The first-order valence-corrected chi connectivity index (χ1v) is 8.36. The molecular weight excluding hydrogens is 391 g/mol. The normalized spacial score (nSPS) is 11.5. The predicted molar refractivity (Wildman–Crippen MR) is 95.6 cm³/mol. The van der Waals surface area contributed by atoms with E-state index in [4.69, 9.17) is 4.52 Å². The average Bonchev–Trinajstić information content (AvgIpc) is 3.11. The van der Waals surface area contributed by atoms with E-state index in [1.807, 2.05) is 0 Å². The Bertz CT molecular complexity index is 945. The molecular formula is C18H16F3N5O3. The van der Waals surface area contributed by atoms with Crippen LogP contribution < -0.4 is 10.1 Å². The first-order chi connectivity index (χ1) is 13.8. The van der Waals surface area contributed by atoms with Crippen LogP contribution in [0.15, 0.2) is 53.3 Å². The number of rotatable bonds is 7. The topological polar surface area (TPSA) is 93.4 Å². The second-order valence-corrected chi connectivity index (χ2v) is 6.05. The monoisotopic (exact) mass is 407 g/mol. The van der Waals surface area contributed by atoms with Crippen LogP contribution in [0, 0.1) is 0 Å². The SMILES string of the molecule is CN(CC(=O)Nc1ccc(OC(F)(F)F)cc1)Cc1nc(-c2cccnc2)no1. The highest BCUT2D eigenvalue weighted by Crippen LogP contribution is 2.24. The molecule has 1 amide bonds. The van der Waals surface area contributed by atoms with Gasteiger partial charge in [0.1, 0.15) is 5.75 Å². The Balaban J connectivity index is 1.50. The van der Waals surface area contributed by atoms with Crippen molar-refractivity contribution in [3.8, 4) is 17.1 Å². The Morgan fingerprint density at radius 3 is 2.66 bits per heavy atom. The van der Waals surface area contributed by atoms with E-state index in [0.717, 1.165) is 12.1 Å². The summed E-state index contributed by atoms with van der Waals surface area (Å²) in [6.45, 7) is 0.241. The number of nitrogens with one attached hydrogen (secondary N) is 1. The number of benzene rings is 1. The van der Waals surface area contributed by atoms with Crippen molar-refractivity contribution in [1.82, 2.24) is 20.0 Å². The van der Waals surface area contributed by atoms with Crippen LogP contribution in [0.1, 0.15) is 5.89 Å². The van der Waals surface area contributed by atoms with Gasteiger partial charge in [0, 0.05) is 23.6 Å². The summed E-state index contributed by atoms with van der Waals surface area (Å²) in [6, 6.07) is 8.41. The zero-order chi connectivity index (χ0) is 20.9. The van der Waals surface area contributed by atoms with Gasteiger partial charge in [0.15, 0.2) is 0 Å². The summed E-state index contributed by atoms with van der Waals surface area (Å²) >= 11 is 0. The fourth-order valence-corrected chi connectivity index (χ4v) is 2.40. The molecule has 1 N–H and O–H groups in total. The summed E-state index contributed by atoms with van der Waals surface area (Å²) in [5.74, 6) is -0.00246. The zero-order valence-electron chi connectivity index (χ0n) is 15.2. The number of nitrogens with zero attached hydrogens (tertiary/aromatic N) is 4.